The maximum Gasteiger partial charge on any atom is 0.325 e. The van der Waals surface area contributed by atoms with E-state index in [2.05, 4.69) is 5.32 Å². The van der Waals surface area contributed by atoms with Gasteiger partial charge in [0.25, 0.3) is 0 Å². The molecule has 0 saturated carbocycles. The fraction of sp³-hybridized carbons (Fsp3) is 0.214. The van der Waals surface area contributed by atoms with Crippen molar-refractivity contribution in [1.29, 1.82) is 0 Å². The van der Waals surface area contributed by atoms with E-state index in [-0.39, 0.29) is 0 Å². The summed E-state index contributed by atoms with van der Waals surface area (Å²) in [5, 5.41) is 14.7. The number of nitrogens with one attached hydrogen (secondary N) is 1. The van der Waals surface area contributed by atoms with Gasteiger partial charge in [-0.25, -0.2) is 0 Å². The molecule has 20 heavy (non-hydrogen) atoms. The van der Waals surface area contributed by atoms with Crippen molar-refractivity contribution in [2.75, 3.05) is 7.11 Å². The Bertz CT molecular complexity index is 586. The molecule has 2 aromatic rings. The largest absolute Gasteiger partial charge is 0.495 e. The van der Waals surface area contributed by atoms with Crippen LogP contribution in [-0.4, -0.2) is 18.2 Å². The van der Waals surface area contributed by atoms with E-state index in [9.17, 15) is 9.90 Å². The number of hydrogen-bond acceptors (Lipinski definition) is 4. The lowest BCUT2D eigenvalue weighted by atomic mass is 10.1. The summed E-state index contributed by atoms with van der Waals surface area (Å²) in [4.78, 5) is 12.5. The maximum atomic E-state index is 11.4. The number of hydrogen-bond donors (Lipinski definition) is 2. The Morgan fingerprint density at radius 1 is 1.50 bits per heavy atom. The van der Waals surface area contributed by atoms with Gasteiger partial charge in [-0.2, -0.15) is 0 Å². The lowest BCUT2D eigenvalue weighted by molar-refractivity contribution is -0.139. The molecule has 1 heterocycles. The molecular weight excluding hydrogens is 298 g/mol. The third-order valence-corrected chi connectivity index (χ3v) is 3.99. The third-order valence-electron chi connectivity index (χ3n) is 2.82. The number of methoxy groups -OCH3 is 1. The van der Waals surface area contributed by atoms with Crippen LogP contribution in [0.2, 0.25) is 5.02 Å². The molecule has 1 atom stereocenters. The molecule has 0 aliphatic carbocycles. The normalized spacial score (nSPS) is 12.1. The molecule has 106 valence electrons. The molecule has 0 amide bonds. The fourth-order valence-corrected chi connectivity index (χ4v) is 2.75. The van der Waals surface area contributed by atoms with Crippen molar-refractivity contribution in [3.05, 3.63) is 51.2 Å². The van der Waals surface area contributed by atoms with Crippen LogP contribution >= 0.6 is 22.9 Å². The minimum Gasteiger partial charge on any atom is -0.495 e. The highest BCUT2D eigenvalue weighted by molar-refractivity contribution is 7.09. The van der Waals surface area contributed by atoms with E-state index in [1.807, 2.05) is 17.5 Å². The number of halogens is 1. The summed E-state index contributed by atoms with van der Waals surface area (Å²) in [5.74, 6) is -0.416. The minimum atomic E-state index is -0.942. The number of benzene rings is 1. The van der Waals surface area contributed by atoms with E-state index >= 15 is 0 Å². The number of carbonyl (C=O) groups is 1. The highest BCUT2D eigenvalue weighted by Crippen LogP contribution is 2.28. The van der Waals surface area contributed by atoms with Crippen LogP contribution in [0.15, 0.2) is 35.7 Å². The molecule has 6 heteroatoms. The van der Waals surface area contributed by atoms with Crippen LogP contribution in [0.25, 0.3) is 0 Å². The Balaban J connectivity index is 2.15. The van der Waals surface area contributed by atoms with E-state index in [4.69, 9.17) is 16.3 Å². The zero-order valence-electron chi connectivity index (χ0n) is 10.8. The van der Waals surface area contributed by atoms with Crippen LogP contribution in [0.5, 0.6) is 5.75 Å². The number of aliphatic carboxylic acids is 1. The van der Waals surface area contributed by atoms with Crippen molar-refractivity contribution in [3.63, 3.8) is 0 Å². The highest BCUT2D eigenvalue weighted by Gasteiger charge is 2.20. The van der Waals surface area contributed by atoms with Gasteiger partial charge in [-0.3, -0.25) is 10.1 Å². The first kappa shape index (κ1) is 14.8. The van der Waals surface area contributed by atoms with Gasteiger partial charge in [0, 0.05) is 11.4 Å². The van der Waals surface area contributed by atoms with Crippen molar-refractivity contribution < 1.29 is 14.6 Å². The molecule has 0 bridgehead atoms. The van der Waals surface area contributed by atoms with Crippen LogP contribution in [-0.2, 0) is 11.3 Å². The Labute approximate surface area is 126 Å². The molecule has 1 aromatic carbocycles. The molecule has 2 rings (SSSR count). The van der Waals surface area contributed by atoms with Crippen molar-refractivity contribution in [3.8, 4) is 5.75 Å². The molecule has 2 N–H and O–H groups in total. The molecular formula is C14H14ClNO3S. The summed E-state index contributed by atoms with van der Waals surface area (Å²) in [6.07, 6.45) is 0. The lowest BCUT2D eigenvalue weighted by Gasteiger charge is -2.15. The van der Waals surface area contributed by atoms with Crippen LogP contribution in [0.4, 0.5) is 0 Å². The summed E-state index contributed by atoms with van der Waals surface area (Å²) < 4.78 is 5.06. The third kappa shape index (κ3) is 3.50. The number of rotatable bonds is 6. The monoisotopic (exact) mass is 311 g/mol. The first-order valence-corrected chi connectivity index (χ1v) is 7.19. The Morgan fingerprint density at radius 3 is 2.85 bits per heavy atom. The molecule has 0 spiro atoms. The molecule has 0 aliphatic heterocycles. The van der Waals surface area contributed by atoms with Crippen LogP contribution in [0, 0.1) is 0 Å². The van der Waals surface area contributed by atoms with Gasteiger partial charge in [-0.1, -0.05) is 23.7 Å². The van der Waals surface area contributed by atoms with Gasteiger partial charge in [0.15, 0.2) is 0 Å². The van der Waals surface area contributed by atoms with Gasteiger partial charge >= 0.3 is 5.97 Å². The number of thiophene rings is 1. The predicted molar refractivity (Wildman–Crippen MR) is 79.5 cm³/mol. The van der Waals surface area contributed by atoms with Crippen LogP contribution < -0.4 is 10.1 Å². The van der Waals surface area contributed by atoms with Gasteiger partial charge < -0.3 is 9.84 Å². The van der Waals surface area contributed by atoms with Gasteiger partial charge in [0.2, 0.25) is 0 Å². The Kier molecular flexibility index (Phi) is 5.00. The van der Waals surface area contributed by atoms with Crippen LogP contribution in [0.1, 0.15) is 16.5 Å². The fourth-order valence-electron chi connectivity index (χ4n) is 1.83. The number of carboxylic acid groups (broad SMARTS) is 1. The smallest absolute Gasteiger partial charge is 0.325 e. The van der Waals surface area contributed by atoms with Gasteiger partial charge in [-0.05, 0) is 29.1 Å². The summed E-state index contributed by atoms with van der Waals surface area (Å²) in [7, 11) is 1.52. The van der Waals surface area contributed by atoms with Crippen molar-refractivity contribution >= 4 is 28.9 Å². The average molecular weight is 312 g/mol. The molecule has 4 nitrogen and oxygen atoms in total. The van der Waals surface area contributed by atoms with E-state index in [0.29, 0.717) is 22.9 Å². The van der Waals surface area contributed by atoms with E-state index in [1.165, 1.54) is 7.11 Å². The van der Waals surface area contributed by atoms with E-state index in [0.717, 1.165) is 4.88 Å². The second kappa shape index (κ2) is 6.74. The first-order valence-electron chi connectivity index (χ1n) is 5.94. The van der Waals surface area contributed by atoms with E-state index < -0.39 is 12.0 Å². The maximum absolute atomic E-state index is 11.4. The zero-order valence-corrected chi connectivity index (χ0v) is 12.4. The second-order valence-corrected chi connectivity index (χ2v) is 5.56. The second-order valence-electron chi connectivity index (χ2n) is 4.13. The molecule has 0 fully saturated rings. The predicted octanol–water partition coefficient (Wildman–Crippen LogP) is 3.33. The number of carboxylic acids is 1. The van der Waals surface area contributed by atoms with Crippen LogP contribution in [0.3, 0.4) is 0 Å². The summed E-state index contributed by atoms with van der Waals surface area (Å²) in [6, 6.07) is 8.06. The van der Waals surface area contributed by atoms with Gasteiger partial charge in [0.1, 0.15) is 11.8 Å². The minimum absolute atomic E-state index is 0.397. The van der Waals surface area contributed by atoms with Gasteiger partial charge in [-0.15, -0.1) is 11.3 Å². The zero-order chi connectivity index (χ0) is 14.5. The molecule has 0 saturated heterocycles. The number of ether oxygens (including phenoxy) is 1. The highest BCUT2D eigenvalue weighted by atomic mass is 35.5. The van der Waals surface area contributed by atoms with E-state index in [1.54, 1.807) is 29.5 Å². The topological polar surface area (TPSA) is 58.6 Å². The molecule has 0 aliphatic rings. The Morgan fingerprint density at radius 2 is 2.30 bits per heavy atom. The van der Waals surface area contributed by atoms with Crippen molar-refractivity contribution in [2.24, 2.45) is 0 Å². The summed E-state index contributed by atoms with van der Waals surface area (Å²) in [5.41, 5.74) is 0.597. The Hall–Kier alpha value is -1.56. The lowest BCUT2D eigenvalue weighted by Crippen LogP contribution is -2.27. The molecule has 1 unspecified atom stereocenters. The summed E-state index contributed by atoms with van der Waals surface area (Å²) >= 11 is 7.61. The summed E-state index contributed by atoms with van der Waals surface area (Å²) in [6.45, 7) is 0.498. The molecule has 1 aromatic heterocycles. The van der Waals surface area contributed by atoms with Crippen molar-refractivity contribution in [1.82, 2.24) is 5.32 Å². The average Bonchev–Trinajstić information content (AvgIpc) is 2.92. The quantitative estimate of drug-likeness (QED) is 0.859. The SMILES string of the molecule is COc1ccc(C(NCc2cccs2)C(=O)O)cc1Cl. The first-order chi connectivity index (χ1) is 9.61. The van der Waals surface area contributed by atoms with Crippen molar-refractivity contribution in [2.45, 2.75) is 12.6 Å². The molecule has 0 radical (unpaired) electrons. The standard InChI is InChI=1S/C14H14ClNO3S/c1-19-12-5-4-9(7-11(12)15)13(14(17)18)16-8-10-3-2-6-20-10/h2-7,13,16H,8H2,1H3,(H,17,18). The van der Waals surface area contributed by atoms with Gasteiger partial charge in [0.05, 0.1) is 12.1 Å².